The van der Waals surface area contributed by atoms with E-state index in [4.69, 9.17) is 0 Å². The molecule has 21 heavy (non-hydrogen) atoms. The molecule has 0 amide bonds. The van der Waals surface area contributed by atoms with Gasteiger partial charge in [0.05, 0.1) is 0 Å². The predicted molar refractivity (Wildman–Crippen MR) is 72.1 cm³/mol. The van der Waals surface area contributed by atoms with Crippen LogP contribution in [0.2, 0.25) is 0 Å². The molecule has 0 saturated carbocycles. The summed E-state index contributed by atoms with van der Waals surface area (Å²) in [5, 5.41) is 0. The molecule has 6 heteroatoms. The first kappa shape index (κ1) is 20.1. The van der Waals surface area contributed by atoms with E-state index in [9.17, 15) is 26.7 Å². The van der Waals surface area contributed by atoms with Crippen molar-refractivity contribution in [1.29, 1.82) is 0 Å². The van der Waals surface area contributed by atoms with Crippen molar-refractivity contribution in [2.45, 2.75) is 77.3 Å². The lowest BCUT2D eigenvalue weighted by Gasteiger charge is -2.05. The second kappa shape index (κ2) is 10.7. The number of hydrogen-bond acceptors (Lipinski definition) is 1. The molecule has 124 valence electrons. The molecule has 0 heterocycles. The van der Waals surface area contributed by atoms with Crippen LogP contribution in [0.5, 0.6) is 0 Å². The van der Waals surface area contributed by atoms with E-state index >= 15 is 0 Å². The summed E-state index contributed by atoms with van der Waals surface area (Å²) in [4.78, 5) is 11.4. The van der Waals surface area contributed by atoms with E-state index in [1.165, 1.54) is 0 Å². The Morgan fingerprint density at radius 3 is 1.76 bits per heavy atom. The Balaban J connectivity index is 3.67. The fraction of sp³-hybridized carbons (Fsp3) is 0.800. The molecule has 0 unspecified atom stereocenters. The maximum absolute atomic E-state index is 12.8. The van der Waals surface area contributed by atoms with E-state index in [-0.39, 0.29) is 12.2 Å². The van der Waals surface area contributed by atoms with E-state index in [1.54, 1.807) is 0 Å². The summed E-state index contributed by atoms with van der Waals surface area (Å²) in [7, 11) is 0. The zero-order valence-corrected chi connectivity index (χ0v) is 12.4. The van der Waals surface area contributed by atoms with Crippen molar-refractivity contribution in [1.82, 2.24) is 0 Å². The fourth-order valence-electron chi connectivity index (χ4n) is 1.92. The van der Waals surface area contributed by atoms with Gasteiger partial charge in [0, 0.05) is 19.3 Å². The Hall–Kier alpha value is -0.940. The van der Waals surface area contributed by atoms with Crippen molar-refractivity contribution in [3.63, 3.8) is 0 Å². The van der Waals surface area contributed by atoms with Gasteiger partial charge in [0.1, 0.15) is 11.6 Å². The van der Waals surface area contributed by atoms with Crippen LogP contribution < -0.4 is 0 Å². The first-order valence-corrected chi connectivity index (χ1v) is 7.42. The maximum Gasteiger partial charge on any atom is 0.445 e. The van der Waals surface area contributed by atoms with Crippen LogP contribution in [0.4, 0.5) is 22.0 Å². The van der Waals surface area contributed by atoms with Gasteiger partial charge in [-0.3, -0.25) is 4.79 Å². The van der Waals surface area contributed by atoms with Crippen LogP contribution in [0.25, 0.3) is 0 Å². The van der Waals surface area contributed by atoms with Crippen LogP contribution in [0, 0.1) is 0 Å². The van der Waals surface area contributed by atoms with E-state index in [0.29, 0.717) is 32.1 Å². The molecule has 0 aliphatic heterocycles. The van der Waals surface area contributed by atoms with Crippen molar-refractivity contribution in [3.8, 4) is 0 Å². The van der Waals surface area contributed by atoms with Gasteiger partial charge in [-0.25, -0.2) is 4.39 Å². The largest absolute Gasteiger partial charge is 0.445 e. The van der Waals surface area contributed by atoms with Crippen LogP contribution in [0.1, 0.15) is 71.1 Å². The average Bonchev–Trinajstić information content (AvgIpc) is 2.40. The molecule has 1 nitrogen and oxygen atoms in total. The molecule has 0 aromatic heterocycles. The number of carbonyl (C=O) groups is 1. The molecule has 0 fully saturated rings. The van der Waals surface area contributed by atoms with Crippen LogP contribution in [0.3, 0.4) is 0 Å². The van der Waals surface area contributed by atoms with Crippen molar-refractivity contribution in [3.05, 3.63) is 11.7 Å². The summed E-state index contributed by atoms with van der Waals surface area (Å²) >= 11 is 0. The number of alkyl halides is 3. The number of hydrogen-bond donors (Lipinski definition) is 0. The smallest absolute Gasteiger partial charge is 0.300 e. The van der Waals surface area contributed by atoms with Crippen LogP contribution >= 0.6 is 0 Å². The number of halogens is 5. The molecule has 0 aromatic rings. The van der Waals surface area contributed by atoms with E-state index < -0.39 is 24.3 Å². The van der Waals surface area contributed by atoms with Gasteiger partial charge in [-0.15, -0.1) is 0 Å². The predicted octanol–water partition coefficient (Wildman–Crippen LogP) is 6.19. The third kappa shape index (κ3) is 10.4. The number of unbranched alkanes of at least 4 members (excludes halogenated alkanes) is 5. The summed E-state index contributed by atoms with van der Waals surface area (Å²) in [6.07, 6.45) is 0.148. The summed E-state index contributed by atoms with van der Waals surface area (Å²) in [6, 6.07) is 0. The van der Waals surface area contributed by atoms with Crippen molar-refractivity contribution in [2.75, 3.05) is 0 Å². The zero-order chi connectivity index (χ0) is 16.3. The van der Waals surface area contributed by atoms with Gasteiger partial charge in [-0.1, -0.05) is 32.6 Å². The summed E-state index contributed by atoms with van der Waals surface area (Å²) in [5.74, 6) is -4.18. The van der Waals surface area contributed by atoms with Gasteiger partial charge in [0.2, 0.25) is 5.83 Å². The monoisotopic (exact) mass is 314 g/mol. The van der Waals surface area contributed by atoms with Gasteiger partial charge in [0.15, 0.2) is 0 Å². The topological polar surface area (TPSA) is 17.1 Å². The van der Waals surface area contributed by atoms with Gasteiger partial charge >= 0.3 is 6.18 Å². The highest BCUT2D eigenvalue weighted by atomic mass is 19.4. The average molecular weight is 314 g/mol. The Morgan fingerprint density at radius 2 is 1.29 bits per heavy atom. The van der Waals surface area contributed by atoms with Gasteiger partial charge < -0.3 is 0 Å². The van der Waals surface area contributed by atoms with Crippen molar-refractivity contribution in [2.24, 2.45) is 0 Å². The summed E-state index contributed by atoms with van der Waals surface area (Å²) in [5.41, 5.74) is 0. The summed E-state index contributed by atoms with van der Waals surface area (Å²) < 4.78 is 60.8. The molecular weight excluding hydrogens is 291 g/mol. The molecule has 0 saturated heterocycles. The number of carbonyl (C=O) groups excluding carboxylic acids is 1. The highest BCUT2D eigenvalue weighted by molar-refractivity contribution is 5.78. The maximum atomic E-state index is 12.8. The van der Waals surface area contributed by atoms with Crippen LogP contribution in [-0.2, 0) is 4.79 Å². The lowest BCUT2D eigenvalue weighted by molar-refractivity contribution is -0.119. The minimum atomic E-state index is -5.24. The lowest BCUT2D eigenvalue weighted by atomic mass is 10.0. The molecule has 0 rings (SSSR count). The van der Waals surface area contributed by atoms with E-state index in [1.807, 2.05) is 0 Å². The molecular formula is C15H23F5O. The molecule has 0 aliphatic carbocycles. The van der Waals surface area contributed by atoms with Crippen molar-refractivity contribution >= 4 is 5.78 Å². The number of ketones is 1. The highest BCUT2D eigenvalue weighted by Crippen LogP contribution is 2.31. The number of allylic oxidation sites excluding steroid dienone is 2. The van der Waals surface area contributed by atoms with Crippen LogP contribution in [-0.4, -0.2) is 12.0 Å². The Labute approximate surface area is 122 Å². The molecule has 0 aromatic carbocycles. The molecule has 0 spiro atoms. The molecule has 0 N–H and O–H groups in total. The molecule has 0 aliphatic rings. The zero-order valence-electron chi connectivity index (χ0n) is 12.4. The second-order valence-electron chi connectivity index (χ2n) is 5.13. The Bertz CT molecular complexity index is 333. The molecule has 0 atom stereocenters. The highest BCUT2D eigenvalue weighted by Gasteiger charge is 2.37. The van der Waals surface area contributed by atoms with Gasteiger partial charge in [-0.05, 0) is 19.3 Å². The SMILES string of the molecule is CCCCCC(=O)CCCCCCC(F)=C(F)C(F)(F)F. The first-order chi connectivity index (χ1) is 9.79. The second-order valence-corrected chi connectivity index (χ2v) is 5.13. The third-order valence-electron chi connectivity index (χ3n) is 3.15. The van der Waals surface area contributed by atoms with E-state index in [0.717, 1.165) is 19.3 Å². The third-order valence-corrected chi connectivity index (χ3v) is 3.15. The summed E-state index contributed by atoms with van der Waals surface area (Å²) in [6.45, 7) is 2.06. The minimum absolute atomic E-state index is 0.152. The van der Waals surface area contributed by atoms with Gasteiger partial charge in [-0.2, -0.15) is 17.6 Å². The minimum Gasteiger partial charge on any atom is -0.300 e. The molecule has 0 radical (unpaired) electrons. The van der Waals surface area contributed by atoms with Crippen LogP contribution in [0.15, 0.2) is 11.7 Å². The number of rotatable bonds is 11. The quantitative estimate of drug-likeness (QED) is 0.328. The Morgan fingerprint density at radius 1 is 0.810 bits per heavy atom. The number of Topliss-reactive ketones (excluding diaryl/α,β-unsaturated/α-hetero) is 1. The lowest BCUT2D eigenvalue weighted by Crippen LogP contribution is -2.09. The Kier molecular flexibility index (Phi) is 10.3. The molecule has 0 bridgehead atoms. The standard InChI is InChI=1S/C15H23F5O/c1-2-3-6-9-12(21)10-7-4-5-8-11-13(16)14(17)15(18,19)20/h2-11H2,1H3. The van der Waals surface area contributed by atoms with Gasteiger partial charge in [0.25, 0.3) is 0 Å². The fourth-order valence-corrected chi connectivity index (χ4v) is 1.92. The van der Waals surface area contributed by atoms with E-state index in [2.05, 4.69) is 6.92 Å². The van der Waals surface area contributed by atoms with Crippen molar-refractivity contribution < 1.29 is 26.7 Å². The normalized spacial score (nSPS) is 13.2. The first-order valence-electron chi connectivity index (χ1n) is 7.42.